The van der Waals surface area contributed by atoms with Crippen molar-refractivity contribution in [3.05, 3.63) is 24.3 Å². The Balaban J connectivity index is 1.60. The minimum atomic E-state index is -0.864. The molecule has 0 heterocycles. The smallest absolute Gasteiger partial charge is 0.155 e. The predicted molar refractivity (Wildman–Crippen MR) is 121 cm³/mol. The highest BCUT2D eigenvalue weighted by atomic mass is 16.3. The fraction of sp³-hybridized carbons (Fsp3) is 0.815. The summed E-state index contributed by atoms with van der Waals surface area (Å²) in [6.07, 6.45) is 16.5. The van der Waals surface area contributed by atoms with Gasteiger partial charge in [0.25, 0.3) is 0 Å². The van der Waals surface area contributed by atoms with Crippen molar-refractivity contribution < 1.29 is 15.0 Å². The van der Waals surface area contributed by atoms with Crippen molar-refractivity contribution >= 4 is 5.78 Å². The maximum Gasteiger partial charge on any atom is 0.155 e. The Labute approximate surface area is 183 Å². The molecule has 0 saturated heterocycles. The Morgan fingerprint density at radius 2 is 1.97 bits per heavy atom. The van der Waals surface area contributed by atoms with Crippen LogP contribution in [0.3, 0.4) is 0 Å². The summed E-state index contributed by atoms with van der Waals surface area (Å²) in [7, 11) is 0. The number of carbonyl (C=O) groups is 1. The molecular formula is C27H42O3. The molecule has 30 heavy (non-hydrogen) atoms. The molecule has 3 heteroatoms. The molecule has 4 aliphatic carbocycles. The molecule has 4 aliphatic rings. The van der Waals surface area contributed by atoms with Gasteiger partial charge in [-0.15, -0.1) is 0 Å². The fourth-order valence-corrected chi connectivity index (χ4v) is 8.32. The molecule has 0 aromatic rings. The van der Waals surface area contributed by atoms with Gasteiger partial charge in [0.2, 0.25) is 0 Å². The first kappa shape index (κ1) is 22.3. The minimum absolute atomic E-state index is 0.121. The molecule has 0 spiro atoms. The van der Waals surface area contributed by atoms with Gasteiger partial charge in [-0.1, -0.05) is 39.0 Å². The Morgan fingerprint density at radius 3 is 2.67 bits per heavy atom. The van der Waals surface area contributed by atoms with Crippen LogP contribution in [0.25, 0.3) is 0 Å². The zero-order valence-electron chi connectivity index (χ0n) is 19.4. The summed E-state index contributed by atoms with van der Waals surface area (Å²) in [5.41, 5.74) is -0.905. The lowest BCUT2D eigenvalue weighted by molar-refractivity contribution is -0.136. The number of aliphatic hydroxyl groups is 2. The third kappa shape index (κ3) is 3.45. The number of allylic oxidation sites excluding steroid dienone is 3. The summed E-state index contributed by atoms with van der Waals surface area (Å²) in [5, 5.41) is 22.2. The van der Waals surface area contributed by atoms with Crippen molar-refractivity contribution in [2.75, 3.05) is 6.61 Å². The molecule has 0 aromatic heterocycles. The van der Waals surface area contributed by atoms with Crippen LogP contribution in [0.15, 0.2) is 24.3 Å². The van der Waals surface area contributed by atoms with Gasteiger partial charge in [-0.2, -0.15) is 0 Å². The van der Waals surface area contributed by atoms with E-state index < -0.39 is 5.60 Å². The van der Waals surface area contributed by atoms with Gasteiger partial charge in [-0.3, -0.25) is 4.79 Å². The van der Waals surface area contributed by atoms with Crippen LogP contribution >= 0.6 is 0 Å². The van der Waals surface area contributed by atoms with E-state index in [1.54, 1.807) is 0 Å². The molecule has 3 saturated carbocycles. The summed E-state index contributed by atoms with van der Waals surface area (Å²) in [4.78, 5) is 12.0. The van der Waals surface area contributed by atoms with Gasteiger partial charge in [-0.25, -0.2) is 0 Å². The molecule has 0 aromatic carbocycles. The van der Waals surface area contributed by atoms with Crippen LogP contribution in [-0.2, 0) is 4.79 Å². The average molecular weight is 415 g/mol. The van der Waals surface area contributed by atoms with Crippen LogP contribution in [0.4, 0.5) is 0 Å². The van der Waals surface area contributed by atoms with E-state index in [4.69, 9.17) is 0 Å². The number of ketones is 1. The van der Waals surface area contributed by atoms with E-state index in [-0.39, 0.29) is 23.4 Å². The third-order valence-corrected chi connectivity index (χ3v) is 9.82. The van der Waals surface area contributed by atoms with E-state index in [2.05, 4.69) is 32.9 Å². The SMILES string of the molecule is CC(C)C/C=C/[C@](C)(O)[C@H]1CC[C@H]2[C@@H]3CC[C@H]4CC(=O)C=C[C@]4(C)[C@H]3CC[C@@]21CO. The molecule has 2 N–H and O–H groups in total. The molecule has 0 radical (unpaired) electrons. The van der Waals surface area contributed by atoms with E-state index in [1.807, 2.05) is 19.1 Å². The summed E-state index contributed by atoms with van der Waals surface area (Å²) >= 11 is 0. The Kier molecular flexibility index (Phi) is 5.85. The number of hydrogen-bond acceptors (Lipinski definition) is 3. The zero-order valence-corrected chi connectivity index (χ0v) is 19.4. The maximum atomic E-state index is 12.0. The molecular weight excluding hydrogens is 372 g/mol. The second kappa shape index (κ2) is 7.89. The van der Waals surface area contributed by atoms with Crippen LogP contribution in [-0.4, -0.2) is 28.2 Å². The lowest BCUT2D eigenvalue weighted by Crippen LogP contribution is -2.56. The molecule has 0 bridgehead atoms. The highest BCUT2D eigenvalue weighted by molar-refractivity contribution is 5.91. The molecule has 0 amide bonds. The average Bonchev–Trinajstić information content (AvgIpc) is 3.09. The lowest BCUT2D eigenvalue weighted by Gasteiger charge is -2.60. The number of aliphatic hydroxyl groups excluding tert-OH is 1. The lowest BCUT2D eigenvalue weighted by atomic mass is 9.45. The quantitative estimate of drug-likeness (QED) is 0.599. The van der Waals surface area contributed by atoms with Gasteiger partial charge < -0.3 is 10.2 Å². The molecule has 3 nitrogen and oxygen atoms in total. The number of rotatable bonds is 5. The van der Waals surface area contributed by atoms with Crippen molar-refractivity contribution in [3.63, 3.8) is 0 Å². The van der Waals surface area contributed by atoms with Crippen LogP contribution in [0, 0.1) is 46.3 Å². The highest BCUT2D eigenvalue weighted by Crippen LogP contribution is 2.67. The molecule has 8 atom stereocenters. The Hall–Kier alpha value is -0.930. The van der Waals surface area contributed by atoms with Crippen LogP contribution in [0.2, 0.25) is 0 Å². The maximum absolute atomic E-state index is 12.0. The summed E-state index contributed by atoms with van der Waals surface area (Å²) < 4.78 is 0. The number of carbonyl (C=O) groups excluding carboxylic acids is 1. The van der Waals surface area contributed by atoms with Crippen LogP contribution in [0.5, 0.6) is 0 Å². The van der Waals surface area contributed by atoms with Crippen molar-refractivity contribution in [3.8, 4) is 0 Å². The predicted octanol–water partition coefficient (Wildman–Crippen LogP) is 5.32. The third-order valence-electron chi connectivity index (χ3n) is 9.82. The first-order valence-corrected chi connectivity index (χ1v) is 12.4. The first-order chi connectivity index (χ1) is 14.1. The van der Waals surface area contributed by atoms with E-state index in [9.17, 15) is 15.0 Å². The Morgan fingerprint density at radius 1 is 1.20 bits per heavy atom. The molecule has 0 aliphatic heterocycles. The van der Waals surface area contributed by atoms with Gasteiger partial charge in [0.15, 0.2) is 5.78 Å². The normalized spacial score (nSPS) is 45.3. The van der Waals surface area contributed by atoms with E-state index >= 15 is 0 Å². The van der Waals surface area contributed by atoms with Gasteiger partial charge in [0, 0.05) is 18.4 Å². The molecule has 168 valence electrons. The van der Waals surface area contributed by atoms with Gasteiger partial charge in [0.05, 0.1) is 5.60 Å². The van der Waals surface area contributed by atoms with E-state index in [1.165, 1.54) is 6.42 Å². The van der Waals surface area contributed by atoms with Crippen molar-refractivity contribution in [1.29, 1.82) is 0 Å². The van der Waals surface area contributed by atoms with Crippen molar-refractivity contribution in [2.45, 2.75) is 84.7 Å². The summed E-state index contributed by atoms with van der Waals surface area (Å²) in [5.74, 6) is 3.18. The van der Waals surface area contributed by atoms with E-state index in [0.717, 1.165) is 38.5 Å². The second-order valence-electron chi connectivity index (χ2n) is 11.8. The topological polar surface area (TPSA) is 57.5 Å². The fourth-order valence-electron chi connectivity index (χ4n) is 8.32. The van der Waals surface area contributed by atoms with Crippen LogP contribution < -0.4 is 0 Å². The first-order valence-electron chi connectivity index (χ1n) is 12.4. The van der Waals surface area contributed by atoms with Crippen LogP contribution in [0.1, 0.15) is 79.1 Å². The summed E-state index contributed by atoms with van der Waals surface area (Å²) in [6.45, 7) is 8.94. The molecule has 0 unspecified atom stereocenters. The minimum Gasteiger partial charge on any atom is -0.396 e. The van der Waals surface area contributed by atoms with Gasteiger partial charge in [0.1, 0.15) is 0 Å². The van der Waals surface area contributed by atoms with Crippen molar-refractivity contribution in [2.24, 2.45) is 46.3 Å². The second-order valence-corrected chi connectivity index (χ2v) is 11.8. The van der Waals surface area contributed by atoms with E-state index in [0.29, 0.717) is 41.8 Å². The summed E-state index contributed by atoms with van der Waals surface area (Å²) in [6, 6.07) is 0. The monoisotopic (exact) mass is 414 g/mol. The molecule has 4 rings (SSSR count). The van der Waals surface area contributed by atoms with Gasteiger partial charge in [-0.05, 0) is 98.9 Å². The standard InChI is InChI=1S/C27H42O3/c1-18(2)6-5-13-26(4,30)24-10-9-23-21-8-7-19-16-20(29)11-14-25(19,3)22(21)12-15-27(23,24)17-28/h5,11,13-14,18-19,21-24,28,30H,6-10,12,15-17H2,1-4H3/b13-5+/t19-,21+,22-,23-,24+,25-,26-,27+/m0/s1. The highest BCUT2D eigenvalue weighted by Gasteiger charge is 2.63. The largest absolute Gasteiger partial charge is 0.396 e. The molecule has 3 fully saturated rings. The Bertz CT molecular complexity index is 720. The number of hydrogen-bond donors (Lipinski definition) is 2. The van der Waals surface area contributed by atoms with Gasteiger partial charge >= 0.3 is 0 Å². The zero-order chi connectivity index (χ0) is 21.7. The number of fused-ring (bicyclic) bond motifs is 5. The van der Waals surface area contributed by atoms with Crippen molar-refractivity contribution in [1.82, 2.24) is 0 Å².